The molecule has 0 atom stereocenters. The van der Waals surface area contributed by atoms with E-state index in [1.807, 2.05) is 48.5 Å². The first-order chi connectivity index (χ1) is 16.3. The van der Waals surface area contributed by atoms with Gasteiger partial charge in [-0.25, -0.2) is 0 Å². The van der Waals surface area contributed by atoms with E-state index in [2.05, 4.69) is 88.4 Å². The van der Waals surface area contributed by atoms with Crippen LogP contribution in [0.15, 0.2) is 110 Å². The molecule has 4 nitrogen and oxygen atoms in total. The van der Waals surface area contributed by atoms with Gasteiger partial charge in [-0.1, -0.05) is 78.9 Å². The van der Waals surface area contributed by atoms with Gasteiger partial charge in [0.05, 0.1) is 17.8 Å². The second-order valence-corrected chi connectivity index (χ2v) is 8.03. The molecule has 0 bridgehead atoms. The van der Waals surface area contributed by atoms with E-state index in [4.69, 9.17) is 4.98 Å². The predicted molar refractivity (Wildman–Crippen MR) is 133 cm³/mol. The largest absolute Gasteiger partial charge is 0.352 e. The monoisotopic (exact) mass is 618 g/mol. The van der Waals surface area contributed by atoms with Gasteiger partial charge in [0, 0.05) is 56.2 Å². The molecule has 0 amide bonds. The molecule has 0 aliphatic rings. The molecule has 6 aromatic rings. The van der Waals surface area contributed by atoms with Crippen molar-refractivity contribution in [1.29, 1.82) is 0 Å². The van der Waals surface area contributed by atoms with Crippen molar-refractivity contribution in [2.75, 3.05) is 0 Å². The Morgan fingerprint density at radius 2 is 1.41 bits per heavy atom. The number of hydrogen-bond acceptors (Lipinski definition) is 2. The Kier molecular flexibility index (Phi) is 5.97. The van der Waals surface area contributed by atoms with Crippen molar-refractivity contribution in [3.63, 3.8) is 0 Å². The number of benzene rings is 4. The van der Waals surface area contributed by atoms with Crippen molar-refractivity contribution < 1.29 is 20.1 Å². The third-order valence-electron chi connectivity index (χ3n) is 5.99. The van der Waals surface area contributed by atoms with Crippen LogP contribution in [0, 0.1) is 6.07 Å². The molecule has 0 unspecified atom stereocenters. The summed E-state index contributed by atoms with van der Waals surface area (Å²) in [6, 6.07) is 34.9. The fraction of sp³-hybridized carbons (Fsp3) is 0.0345. The van der Waals surface area contributed by atoms with Crippen LogP contribution in [-0.4, -0.2) is 19.1 Å². The van der Waals surface area contributed by atoms with E-state index in [1.54, 1.807) is 0 Å². The van der Waals surface area contributed by atoms with Crippen LogP contribution in [0.4, 0.5) is 0 Å². The van der Waals surface area contributed by atoms with Crippen molar-refractivity contribution in [2.24, 2.45) is 7.05 Å². The maximum atomic E-state index is 4.76. The van der Waals surface area contributed by atoms with Crippen LogP contribution >= 0.6 is 0 Å². The second kappa shape index (κ2) is 9.22. The van der Waals surface area contributed by atoms with Crippen LogP contribution in [0.5, 0.6) is 0 Å². The Morgan fingerprint density at radius 1 is 0.765 bits per heavy atom. The standard InChI is InChI=1S/C29H21N4.Ir/c1-32-20-31-26-16-15-23(19-27(26)32)29-30-17-18-33(29)28-24(21-9-4-2-5-10-21)13-8-14-25(28)22-11-6-3-7-12-22;/h2-14,16-20H,1H3;/q-1;. The summed E-state index contributed by atoms with van der Waals surface area (Å²) in [5.74, 6) is 0.846. The van der Waals surface area contributed by atoms with Crippen molar-refractivity contribution in [1.82, 2.24) is 19.1 Å². The van der Waals surface area contributed by atoms with Crippen LogP contribution < -0.4 is 0 Å². The Bertz CT molecular complexity index is 1510. The fourth-order valence-corrected chi connectivity index (χ4v) is 4.39. The molecule has 0 saturated carbocycles. The molecule has 2 aromatic heterocycles. The molecule has 34 heavy (non-hydrogen) atoms. The maximum absolute atomic E-state index is 4.76. The van der Waals surface area contributed by atoms with Crippen molar-refractivity contribution in [3.05, 3.63) is 116 Å². The molecule has 0 N–H and O–H groups in total. The van der Waals surface area contributed by atoms with Crippen LogP contribution in [0.2, 0.25) is 0 Å². The minimum Gasteiger partial charge on any atom is -0.352 e. The molecule has 0 spiro atoms. The van der Waals surface area contributed by atoms with Gasteiger partial charge in [0.2, 0.25) is 0 Å². The van der Waals surface area contributed by atoms with Crippen LogP contribution in [-0.2, 0) is 27.2 Å². The molecule has 0 aliphatic heterocycles. The van der Waals surface area contributed by atoms with E-state index in [0.29, 0.717) is 0 Å². The molecule has 4 aromatic carbocycles. The van der Waals surface area contributed by atoms with Gasteiger partial charge in [0.1, 0.15) is 0 Å². The average molecular weight is 618 g/mol. The predicted octanol–water partition coefficient (Wildman–Crippen LogP) is 6.56. The molecule has 0 aliphatic carbocycles. The number of aryl methyl sites for hydroxylation is 1. The van der Waals surface area contributed by atoms with Gasteiger partial charge < -0.3 is 9.13 Å². The molecule has 1 radical (unpaired) electrons. The van der Waals surface area contributed by atoms with Crippen LogP contribution in [0.1, 0.15) is 0 Å². The van der Waals surface area contributed by atoms with Crippen molar-refractivity contribution in [2.45, 2.75) is 0 Å². The van der Waals surface area contributed by atoms with Crippen molar-refractivity contribution >= 4 is 11.0 Å². The summed E-state index contributed by atoms with van der Waals surface area (Å²) in [5.41, 5.74) is 8.63. The van der Waals surface area contributed by atoms with E-state index in [0.717, 1.165) is 50.4 Å². The normalized spacial score (nSPS) is 10.9. The Balaban J connectivity index is 0.00000241. The molecule has 5 heteroatoms. The number of imidazole rings is 2. The van der Waals surface area contributed by atoms with Gasteiger partial charge in [-0.2, -0.15) is 0 Å². The fourth-order valence-electron chi connectivity index (χ4n) is 4.39. The zero-order valence-corrected chi connectivity index (χ0v) is 20.9. The zero-order chi connectivity index (χ0) is 22.2. The molecule has 0 saturated heterocycles. The molecular formula is C29H21IrN4-. The van der Waals surface area contributed by atoms with Gasteiger partial charge in [0.15, 0.2) is 0 Å². The van der Waals surface area contributed by atoms with E-state index < -0.39 is 0 Å². The van der Waals surface area contributed by atoms with E-state index >= 15 is 0 Å². The average Bonchev–Trinajstić information content (AvgIpc) is 3.51. The summed E-state index contributed by atoms with van der Waals surface area (Å²) in [7, 11) is 2.00. The molecule has 6 rings (SSSR count). The summed E-state index contributed by atoms with van der Waals surface area (Å²) >= 11 is 0. The minimum absolute atomic E-state index is 0. The number of nitrogens with zero attached hydrogens (tertiary/aromatic N) is 4. The van der Waals surface area contributed by atoms with Gasteiger partial charge in [-0.3, -0.25) is 9.97 Å². The SMILES string of the molecule is Cn1cnc2c[c-]c(-c3nccn3-c3c(-c4ccccc4)cccc3-c3ccccc3)cc21.[Ir]. The first-order valence-corrected chi connectivity index (χ1v) is 10.9. The minimum atomic E-state index is 0. The van der Waals surface area contributed by atoms with Gasteiger partial charge >= 0.3 is 0 Å². The Morgan fingerprint density at radius 3 is 2.06 bits per heavy atom. The first kappa shape index (κ1) is 22.0. The molecular weight excluding hydrogens is 597 g/mol. The van der Waals surface area contributed by atoms with Gasteiger partial charge in [-0.15, -0.1) is 23.8 Å². The molecule has 2 heterocycles. The molecule has 0 fully saturated rings. The number of hydrogen-bond donors (Lipinski definition) is 0. The third-order valence-corrected chi connectivity index (χ3v) is 5.99. The van der Waals surface area contributed by atoms with Gasteiger partial charge in [-0.05, 0) is 16.6 Å². The van der Waals surface area contributed by atoms with Crippen molar-refractivity contribution in [3.8, 4) is 39.3 Å². The third kappa shape index (κ3) is 3.79. The zero-order valence-electron chi connectivity index (χ0n) is 18.5. The van der Waals surface area contributed by atoms with Crippen LogP contribution in [0.25, 0.3) is 50.4 Å². The number of para-hydroxylation sites is 1. The first-order valence-electron chi connectivity index (χ1n) is 10.9. The topological polar surface area (TPSA) is 35.6 Å². The van der Waals surface area contributed by atoms with E-state index in [1.165, 1.54) is 0 Å². The quantitative estimate of drug-likeness (QED) is 0.210. The summed E-state index contributed by atoms with van der Waals surface area (Å²) in [6.45, 7) is 0. The summed E-state index contributed by atoms with van der Waals surface area (Å²) in [5, 5.41) is 0. The maximum Gasteiger partial charge on any atom is 0.0833 e. The Labute approximate surface area is 211 Å². The van der Waals surface area contributed by atoms with E-state index in [9.17, 15) is 0 Å². The number of aromatic nitrogens is 4. The summed E-state index contributed by atoms with van der Waals surface area (Å²) in [6.07, 6.45) is 5.71. The summed E-state index contributed by atoms with van der Waals surface area (Å²) in [4.78, 5) is 9.19. The Hall–Kier alpha value is -3.79. The molecule has 167 valence electrons. The van der Waals surface area contributed by atoms with E-state index in [-0.39, 0.29) is 20.1 Å². The second-order valence-electron chi connectivity index (χ2n) is 8.03. The van der Waals surface area contributed by atoms with Crippen LogP contribution in [0.3, 0.4) is 0 Å². The summed E-state index contributed by atoms with van der Waals surface area (Å²) < 4.78 is 4.20. The smallest absolute Gasteiger partial charge is 0.0833 e. The number of fused-ring (bicyclic) bond motifs is 1. The van der Waals surface area contributed by atoms with Gasteiger partial charge in [0.25, 0.3) is 0 Å². The number of rotatable bonds is 4.